The van der Waals surface area contributed by atoms with E-state index in [4.69, 9.17) is 10.8 Å². The number of hydrogen-bond acceptors (Lipinski definition) is 3. The quantitative estimate of drug-likeness (QED) is 0.667. The maximum atomic E-state index is 11.9. The first-order valence-electron chi connectivity index (χ1n) is 5.37. The number of amides is 1. The third-order valence-corrected chi connectivity index (χ3v) is 2.67. The molecule has 0 unspecified atom stereocenters. The van der Waals surface area contributed by atoms with Crippen molar-refractivity contribution in [2.45, 2.75) is 26.3 Å². The van der Waals surface area contributed by atoms with E-state index in [9.17, 15) is 4.79 Å². The predicted molar refractivity (Wildman–Crippen MR) is 64.2 cm³/mol. The summed E-state index contributed by atoms with van der Waals surface area (Å²) in [7, 11) is 0. The maximum Gasteiger partial charge on any atom is 0.251 e. The fraction of sp³-hybridized carbons (Fsp3) is 0.417. The first-order chi connectivity index (χ1) is 7.60. The standard InChI is InChI=1S/C12H18N2O2/c1-3-9(7-15)14-12(16)10-5-4-6-11(13)8(10)2/h4-6,9,15H,3,7,13H2,1-2H3,(H,14,16)/t9-/m0/s1. The molecule has 0 saturated carbocycles. The largest absolute Gasteiger partial charge is 0.398 e. The molecule has 0 aliphatic rings. The van der Waals surface area contributed by atoms with Crippen molar-refractivity contribution in [1.82, 2.24) is 5.32 Å². The Morgan fingerprint density at radius 3 is 2.81 bits per heavy atom. The molecule has 0 aliphatic heterocycles. The lowest BCUT2D eigenvalue weighted by Gasteiger charge is -2.15. The van der Waals surface area contributed by atoms with E-state index >= 15 is 0 Å². The molecule has 0 saturated heterocycles. The summed E-state index contributed by atoms with van der Waals surface area (Å²) in [6, 6.07) is 5.03. The van der Waals surface area contributed by atoms with Crippen LogP contribution in [-0.2, 0) is 0 Å². The molecular formula is C12H18N2O2. The molecule has 1 rings (SSSR count). The third kappa shape index (κ3) is 2.73. The first-order valence-corrected chi connectivity index (χ1v) is 5.37. The molecule has 0 radical (unpaired) electrons. The van der Waals surface area contributed by atoms with Gasteiger partial charge in [-0.15, -0.1) is 0 Å². The highest BCUT2D eigenvalue weighted by Gasteiger charge is 2.13. The summed E-state index contributed by atoms with van der Waals surface area (Å²) >= 11 is 0. The van der Waals surface area contributed by atoms with Crippen LogP contribution in [0.25, 0.3) is 0 Å². The molecule has 0 spiro atoms. The Kier molecular flexibility index (Phi) is 4.31. The topological polar surface area (TPSA) is 75.3 Å². The number of nitrogen functional groups attached to an aromatic ring is 1. The van der Waals surface area contributed by atoms with Gasteiger partial charge in [0.05, 0.1) is 12.6 Å². The maximum absolute atomic E-state index is 11.9. The van der Waals surface area contributed by atoms with Crippen LogP contribution < -0.4 is 11.1 Å². The molecule has 88 valence electrons. The van der Waals surface area contributed by atoms with Crippen molar-refractivity contribution in [2.24, 2.45) is 0 Å². The highest BCUT2D eigenvalue weighted by Crippen LogP contribution is 2.15. The van der Waals surface area contributed by atoms with Crippen LogP contribution in [-0.4, -0.2) is 23.7 Å². The molecule has 1 aromatic carbocycles. The van der Waals surface area contributed by atoms with Crippen LogP contribution in [0.4, 0.5) is 5.69 Å². The monoisotopic (exact) mass is 222 g/mol. The smallest absolute Gasteiger partial charge is 0.251 e. The molecule has 1 atom stereocenters. The van der Waals surface area contributed by atoms with Gasteiger partial charge in [0, 0.05) is 11.3 Å². The lowest BCUT2D eigenvalue weighted by molar-refractivity contribution is 0.0914. The zero-order chi connectivity index (χ0) is 12.1. The van der Waals surface area contributed by atoms with Crippen LogP contribution in [0.1, 0.15) is 29.3 Å². The van der Waals surface area contributed by atoms with E-state index < -0.39 is 0 Å². The second-order valence-corrected chi connectivity index (χ2v) is 3.78. The third-order valence-electron chi connectivity index (χ3n) is 2.67. The molecule has 0 bridgehead atoms. The Bertz CT molecular complexity index is 373. The first kappa shape index (κ1) is 12.5. The number of carbonyl (C=O) groups is 1. The molecule has 16 heavy (non-hydrogen) atoms. The van der Waals surface area contributed by atoms with Crippen LogP contribution in [0.5, 0.6) is 0 Å². The van der Waals surface area contributed by atoms with Crippen molar-refractivity contribution in [3.63, 3.8) is 0 Å². The molecular weight excluding hydrogens is 204 g/mol. The van der Waals surface area contributed by atoms with Crippen molar-refractivity contribution in [2.75, 3.05) is 12.3 Å². The van der Waals surface area contributed by atoms with E-state index in [1.165, 1.54) is 0 Å². The highest BCUT2D eigenvalue weighted by atomic mass is 16.3. The van der Waals surface area contributed by atoms with Gasteiger partial charge in [-0.2, -0.15) is 0 Å². The van der Waals surface area contributed by atoms with Gasteiger partial charge in [0.15, 0.2) is 0 Å². The number of aliphatic hydroxyl groups excluding tert-OH is 1. The summed E-state index contributed by atoms with van der Waals surface area (Å²) in [6.45, 7) is 3.67. The van der Waals surface area contributed by atoms with Crippen LogP contribution in [0.3, 0.4) is 0 Å². The molecule has 4 heteroatoms. The lowest BCUT2D eigenvalue weighted by Crippen LogP contribution is -2.37. The summed E-state index contributed by atoms with van der Waals surface area (Å²) in [5.74, 6) is -0.189. The Morgan fingerprint density at radius 1 is 1.56 bits per heavy atom. The van der Waals surface area contributed by atoms with Gasteiger partial charge in [0.25, 0.3) is 5.91 Å². The molecule has 1 amide bonds. The van der Waals surface area contributed by atoms with Gasteiger partial charge in [0.1, 0.15) is 0 Å². The van der Waals surface area contributed by atoms with E-state index in [2.05, 4.69) is 5.32 Å². The van der Waals surface area contributed by atoms with Crippen molar-refractivity contribution in [3.8, 4) is 0 Å². The summed E-state index contributed by atoms with van der Waals surface area (Å²) in [5.41, 5.74) is 7.66. The number of nitrogens with one attached hydrogen (secondary N) is 1. The van der Waals surface area contributed by atoms with Crippen molar-refractivity contribution < 1.29 is 9.90 Å². The van der Waals surface area contributed by atoms with Crippen LogP contribution in [0.2, 0.25) is 0 Å². The number of rotatable bonds is 4. The van der Waals surface area contributed by atoms with Gasteiger partial charge in [-0.05, 0) is 31.0 Å². The van der Waals surface area contributed by atoms with Gasteiger partial charge in [-0.25, -0.2) is 0 Å². The number of nitrogens with two attached hydrogens (primary N) is 1. The summed E-state index contributed by atoms with van der Waals surface area (Å²) in [5, 5.41) is 11.8. The second kappa shape index (κ2) is 5.51. The zero-order valence-electron chi connectivity index (χ0n) is 9.66. The van der Waals surface area contributed by atoms with E-state index in [1.54, 1.807) is 18.2 Å². The van der Waals surface area contributed by atoms with E-state index in [0.29, 0.717) is 17.7 Å². The molecule has 1 aromatic rings. The number of hydrogen-bond donors (Lipinski definition) is 3. The normalized spacial score (nSPS) is 12.2. The predicted octanol–water partition coefficient (Wildman–Crippen LogP) is 1.08. The van der Waals surface area contributed by atoms with Gasteiger partial charge in [0.2, 0.25) is 0 Å². The fourth-order valence-electron chi connectivity index (χ4n) is 1.44. The number of carbonyl (C=O) groups excluding carboxylic acids is 1. The Balaban J connectivity index is 2.84. The van der Waals surface area contributed by atoms with Gasteiger partial charge < -0.3 is 16.2 Å². The molecule has 4 N–H and O–H groups in total. The minimum Gasteiger partial charge on any atom is -0.398 e. The Labute approximate surface area is 95.5 Å². The molecule has 4 nitrogen and oxygen atoms in total. The average Bonchev–Trinajstić information content (AvgIpc) is 2.29. The number of benzene rings is 1. The molecule has 0 aromatic heterocycles. The zero-order valence-corrected chi connectivity index (χ0v) is 9.66. The summed E-state index contributed by atoms with van der Waals surface area (Å²) < 4.78 is 0. The van der Waals surface area contributed by atoms with Crippen molar-refractivity contribution in [1.29, 1.82) is 0 Å². The molecule has 0 heterocycles. The van der Waals surface area contributed by atoms with E-state index in [-0.39, 0.29) is 18.6 Å². The Morgan fingerprint density at radius 2 is 2.25 bits per heavy atom. The minimum absolute atomic E-state index is 0.0520. The SMILES string of the molecule is CC[C@@H](CO)NC(=O)c1cccc(N)c1C. The van der Waals surface area contributed by atoms with E-state index in [0.717, 1.165) is 5.56 Å². The van der Waals surface area contributed by atoms with Crippen molar-refractivity contribution in [3.05, 3.63) is 29.3 Å². The highest BCUT2D eigenvalue weighted by molar-refractivity contribution is 5.97. The van der Waals surface area contributed by atoms with Gasteiger partial charge in [-0.3, -0.25) is 4.79 Å². The van der Waals surface area contributed by atoms with Crippen molar-refractivity contribution >= 4 is 11.6 Å². The van der Waals surface area contributed by atoms with Crippen LogP contribution >= 0.6 is 0 Å². The van der Waals surface area contributed by atoms with Gasteiger partial charge >= 0.3 is 0 Å². The average molecular weight is 222 g/mol. The van der Waals surface area contributed by atoms with E-state index in [1.807, 2.05) is 13.8 Å². The second-order valence-electron chi connectivity index (χ2n) is 3.78. The summed E-state index contributed by atoms with van der Waals surface area (Å²) in [6.07, 6.45) is 0.698. The van der Waals surface area contributed by atoms with Crippen LogP contribution in [0, 0.1) is 6.92 Å². The molecule has 0 fully saturated rings. The number of anilines is 1. The van der Waals surface area contributed by atoms with Gasteiger partial charge in [-0.1, -0.05) is 13.0 Å². The molecule has 0 aliphatic carbocycles. The summed E-state index contributed by atoms with van der Waals surface area (Å²) in [4.78, 5) is 11.9. The van der Waals surface area contributed by atoms with Crippen LogP contribution in [0.15, 0.2) is 18.2 Å². The Hall–Kier alpha value is -1.55. The minimum atomic E-state index is -0.201. The fourth-order valence-corrected chi connectivity index (χ4v) is 1.44. The number of aliphatic hydroxyl groups is 1. The lowest BCUT2D eigenvalue weighted by atomic mass is 10.1.